The number of ether oxygens (including phenoxy) is 2. The number of aromatic nitrogens is 2. The van der Waals surface area contributed by atoms with E-state index < -0.39 is 0 Å². The minimum Gasteiger partial charge on any atom is -0.473 e. The highest BCUT2D eigenvalue weighted by Gasteiger charge is 2.13. The molecule has 0 aliphatic heterocycles. The minimum absolute atomic E-state index is 0.0132. The smallest absolute Gasteiger partial charge is 0.249 e. The first-order chi connectivity index (χ1) is 9.47. The quantitative estimate of drug-likeness (QED) is 0.925. The molecule has 0 amide bonds. The fourth-order valence-electron chi connectivity index (χ4n) is 1.68. The molecule has 1 aromatic heterocycles. The Balaban J connectivity index is 2.32. The van der Waals surface area contributed by atoms with Crippen LogP contribution in [-0.2, 0) is 0 Å². The lowest BCUT2D eigenvalue weighted by atomic mass is 10.1. The lowest BCUT2D eigenvalue weighted by Crippen LogP contribution is -2.10. The van der Waals surface area contributed by atoms with Gasteiger partial charge in [-0.25, -0.2) is 0 Å². The van der Waals surface area contributed by atoms with E-state index in [9.17, 15) is 0 Å². The van der Waals surface area contributed by atoms with Gasteiger partial charge in [0.15, 0.2) is 5.69 Å². The van der Waals surface area contributed by atoms with Crippen LogP contribution in [0.25, 0.3) is 0 Å². The Morgan fingerprint density at radius 2 is 1.80 bits per heavy atom. The molecule has 0 fully saturated rings. The molecule has 0 aliphatic rings. The number of nitrogens with zero attached hydrogens (tertiary/aromatic N) is 2. The molecule has 0 atom stereocenters. The molecule has 106 valence electrons. The summed E-state index contributed by atoms with van der Waals surface area (Å²) in [4.78, 5) is 8.10. The van der Waals surface area contributed by atoms with E-state index in [2.05, 4.69) is 9.97 Å². The van der Waals surface area contributed by atoms with Crippen LogP contribution in [0.2, 0.25) is 0 Å². The van der Waals surface area contributed by atoms with Gasteiger partial charge in [0.1, 0.15) is 12.1 Å². The Morgan fingerprint density at radius 1 is 1.10 bits per heavy atom. The predicted octanol–water partition coefficient (Wildman–Crippen LogP) is 3.26. The van der Waals surface area contributed by atoms with Gasteiger partial charge < -0.3 is 15.2 Å². The summed E-state index contributed by atoms with van der Waals surface area (Å²) in [5.41, 5.74) is 8.42. The molecule has 20 heavy (non-hydrogen) atoms. The van der Waals surface area contributed by atoms with Gasteiger partial charge in [-0.1, -0.05) is 12.1 Å². The first kappa shape index (κ1) is 14.1. The second kappa shape index (κ2) is 5.77. The summed E-state index contributed by atoms with van der Waals surface area (Å²) >= 11 is 0. The van der Waals surface area contributed by atoms with Crippen molar-refractivity contribution in [1.29, 1.82) is 0 Å². The van der Waals surface area contributed by atoms with Crippen LogP contribution in [0.5, 0.6) is 17.5 Å². The molecule has 2 aromatic rings. The fourth-order valence-corrected chi connectivity index (χ4v) is 1.68. The van der Waals surface area contributed by atoms with Gasteiger partial charge in [0, 0.05) is 0 Å². The van der Waals surface area contributed by atoms with Gasteiger partial charge in [-0.3, -0.25) is 0 Å². The van der Waals surface area contributed by atoms with Gasteiger partial charge in [0.2, 0.25) is 11.8 Å². The van der Waals surface area contributed by atoms with E-state index >= 15 is 0 Å². The number of hydrogen-bond acceptors (Lipinski definition) is 5. The molecule has 0 bridgehead atoms. The van der Waals surface area contributed by atoms with E-state index in [4.69, 9.17) is 15.2 Å². The molecule has 5 heteroatoms. The molecule has 1 aromatic carbocycles. The Morgan fingerprint density at radius 3 is 2.50 bits per heavy atom. The Hall–Kier alpha value is -2.30. The van der Waals surface area contributed by atoms with Crippen LogP contribution in [0.4, 0.5) is 5.69 Å². The van der Waals surface area contributed by atoms with Crippen molar-refractivity contribution in [3.63, 3.8) is 0 Å². The van der Waals surface area contributed by atoms with Crippen molar-refractivity contribution in [1.82, 2.24) is 9.97 Å². The van der Waals surface area contributed by atoms with Crippen molar-refractivity contribution in [3.05, 3.63) is 35.7 Å². The fraction of sp³-hybridized carbons (Fsp3) is 0.333. The first-order valence-electron chi connectivity index (χ1n) is 6.49. The van der Waals surface area contributed by atoms with Crippen molar-refractivity contribution in [3.8, 4) is 17.5 Å². The topological polar surface area (TPSA) is 70.3 Å². The SMILES string of the molecule is Cc1ccc(C)c(Oc2ncnc(OC(C)C)c2N)c1. The van der Waals surface area contributed by atoms with Gasteiger partial charge in [-0.05, 0) is 44.9 Å². The highest BCUT2D eigenvalue weighted by Crippen LogP contribution is 2.32. The molecule has 0 radical (unpaired) electrons. The van der Waals surface area contributed by atoms with Gasteiger partial charge in [0.25, 0.3) is 0 Å². The van der Waals surface area contributed by atoms with Crippen molar-refractivity contribution < 1.29 is 9.47 Å². The van der Waals surface area contributed by atoms with Crippen LogP contribution in [-0.4, -0.2) is 16.1 Å². The molecular formula is C15H19N3O2. The zero-order chi connectivity index (χ0) is 14.7. The number of anilines is 1. The maximum Gasteiger partial charge on any atom is 0.249 e. The molecular weight excluding hydrogens is 254 g/mol. The van der Waals surface area contributed by atoms with Crippen LogP contribution in [0.3, 0.4) is 0 Å². The van der Waals surface area contributed by atoms with Crippen molar-refractivity contribution in [2.24, 2.45) is 0 Å². The van der Waals surface area contributed by atoms with E-state index in [1.165, 1.54) is 6.33 Å². The molecule has 0 aliphatic carbocycles. The maximum atomic E-state index is 5.99. The third-order valence-electron chi connectivity index (χ3n) is 2.71. The van der Waals surface area contributed by atoms with Crippen LogP contribution in [0.15, 0.2) is 24.5 Å². The van der Waals surface area contributed by atoms with E-state index in [1.807, 2.05) is 45.9 Å². The summed E-state index contributed by atoms with van der Waals surface area (Å²) in [6.45, 7) is 7.79. The molecule has 0 saturated heterocycles. The Bertz CT molecular complexity index is 612. The summed E-state index contributed by atoms with van der Waals surface area (Å²) in [5.74, 6) is 1.38. The molecule has 1 heterocycles. The number of nitrogen functional groups attached to an aromatic ring is 1. The number of nitrogens with two attached hydrogens (primary N) is 1. The largest absolute Gasteiger partial charge is 0.473 e. The van der Waals surface area contributed by atoms with Gasteiger partial charge in [0.05, 0.1) is 6.10 Å². The normalized spacial score (nSPS) is 10.7. The van der Waals surface area contributed by atoms with E-state index in [0.29, 0.717) is 17.4 Å². The lowest BCUT2D eigenvalue weighted by Gasteiger charge is -2.14. The summed E-state index contributed by atoms with van der Waals surface area (Å²) in [6, 6.07) is 5.96. The maximum absolute atomic E-state index is 5.99. The monoisotopic (exact) mass is 273 g/mol. The third kappa shape index (κ3) is 3.17. The van der Waals surface area contributed by atoms with Crippen molar-refractivity contribution in [2.45, 2.75) is 33.8 Å². The summed E-state index contributed by atoms with van der Waals surface area (Å²) in [7, 11) is 0. The number of benzene rings is 1. The van der Waals surface area contributed by atoms with Crippen LogP contribution in [0.1, 0.15) is 25.0 Å². The lowest BCUT2D eigenvalue weighted by molar-refractivity contribution is 0.232. The predicted molar refractivity (Wildman–Crippen MR) is 78.2 cm³/mol. The average molecular weight is 273 g/mol. The Kier molecular flexibility index (Phi) is 4.08. The molecule has 0 spiro atoms. The molecule has 0 unspecified atom stereocenters. The third-order valence-corrected chi connectivity index (χ3v) is 2.71. The van der Waals surface area contributed by atoms with Gasteiger partial charge >= 0.3 is 0 Å². The van der Waals surface area contributed by atoms with Gasteiger partial charge in [-0.2, -0.15) is 9.97 Å². The summed E-state index contributed by atoms with van der Waals surface area (Å²) < 4.78 is 11.3. The first-order valence-corrected chi connectivity index (χ1v) is 6.49. The highest BCUT2D eigenvalue weighted by molar-refractivity contribution is 5.57. The van der Waals surface area contributed by atoms with E-state index in [0.717, 1.165) is 16.9 Å². The van der Waals surface area contributed by atoms with Crippen LogP contribution in [0, 0.1) is 13.8 Å². The van der Waals surface area contributed by atoms with Crippen molar-refractivity contribution >= 4 is 5.69 Å². The van der Waals surface area contributed by atoms with Crippen LogP contribution >= 0.6 is 0 Å². The van der Waals surface area contributed by atoms with Crippen molar-refractivity contribution in [2.75, 3.05) is 5.73 Å². The number of hydrogen-bond donors (Lipinski definition) is 1. The van der Waals surface area contributed by atoms with E-state index in [-0.39, 0.29) is 6.10 Å². The average Bonchev–Trinajstić information content (AvgIpc) is 2.38. The van der Waals surface area contributed by atoms with Crippen LogP contribution < -0.4 is 15.2 Å². The Labute approximate surface area is 118 Å². The molecule has 2 N–H and O–H groups in total. The molecule has 2 rings (SSSR count). The number of aryl methyl sites for hydroxylation is 2. The minimum atomic E-state index is -0.0132. The van der Waals surface area contributed by atoms with E-state index in [1.54, 1.807) is 0 Å². The standard InChI is InChI=1S/C15H19N3O2/c1-9(2)19-14-13(16)15(18-8-17-14)20-12-7-10(3)5-6-11(12)4/h5-9H,16H2,1-4H3. The summed E-state index contributed by atoms with van der Waals surface area (Å²) in [5, 5.41) is 0. The molecule has 0 saturated carbocycles. The second-order valence-corrected chi connectivity index (χ2v) is 4.94. The second-order valence-electron chi connectivity index (χ2n) is 4.94. The van der Waals surface area contributed by atoms with Gasteiger partial charge in [-0.15, -0.1) is 0 Å². The molecule has 5 nitrogen and oxygen atoms in total. The highest BCUT2D eigenvalue weighted by atomic mass is 16.5. The number of rotatable bonds is 4. The zero-order valence-electron chi connectivity index (χ0n) is 12.2. The zero-order valence-corrected chi connectivity index (χ0v) is 12.2. The summed E-state index contributed by atoms with van der Waals surface area (Å²) in [6.07, 6.45) is 1.37.